The number of hydrogen-bond acceptors (Lipinski definition) is 6. The van der Waals surface area contributed by atoms with E-state index in [1.807, 2.05) is 46.8 Å². The first-order valence-corrected chi connectivity index (χ1v) is 24.1. The molecule has 0 fully saturated rings. The summed E-state index contributed by atoms with van der Waals surface area (Å²) in [6.07, 6.45) is 1.88. The molecule has 0 unspecified atom stereocenters. The lowest BCUT2D eigenvalue weighted by atomic mass is 10.4. The third-order valence-electron chi connectivity index (χ3n) is 7.40. The molecule has 0 radical (unpaired) electrons. The van der Waals surface area contributed by atoms with Crippen LogP contribution in [0, 0.1) is 0 Å². The predicted molar refractivity (Wildman–Crippen MR) is 209 cm³/mol. The molecule has 0 amide bonds. The van der Waals surface area contributed by atoms with E-state index in [-0.39, 0.29) is 0 Å². The van der Waals surface area contributed by atoms with Gasteiger partial charge in [-0.15, -0.1) is 0 Å². The molecular weight excluding hydrogens is 671 g/mol. The van der Waals surface area contributed by atoms with Gasteiger partial charge in [0.2, 0.25) is 0 Å². The van der Waals surface area contributed by atoms with E-state index >= 15 is 0 Å². The minimum absolute atomic E-state index is 0.453. The van der Waals surface area contributed by atoms with E-state index in [0.29, 0.717) is 39.1 Å². The third kappa shape index (κ3) is 13.3. The highest BCUT2D eigenvalue weighted by molar-refractivity contribution is 7.73. The van der Waals surface area contributed by atoms with Crippen molar-refractivity contribution in [3.63, 3.8) is 0 Å². The van der Waals surface area contributed by atoms with Gasteiger partial charge in [0, 0.05) is 45.1 Å². The van der Waals surface area contributed by atoms with Gasteiger partial charge in [-0.3, -0.25) is 0 Å². The van der Waals surface area contributed by atoms with Gasteiger partial charge in [-0.2, -0.15) is 0 Å². The Bertz CT molecular complexity index is 1270. The summed E-state index contributed by atoms with van der Waals surface area (Å²) < 4.78 is 29.3. The molecule has 260 valence electrons. The van der Waals surface area contributed by atoms with Crippen molar-refractivity contribution in [2.24, 2.45) is 0 Å². The number of benzene rings is 4. The molecule has 0 aliphatic rings. The van der Waals surface area contributed by atoms with Crippen molar-refractivity contribution in [2.45, 2.75) is 46.7 Å². The molecular formula is C38H54O6P2Si2. The van der Waals surface area contributed by atoms with Gasteiger partial charge < -0.3 is 26.9 Å². The molecule has 4 rings (SSSR count). The average molecular weight is 725 g/mol. The van der Waals surface area contributed by atoms with Crippen LogP contribution in [0.15, 0.2) is 121 Å². The van der Waals surface area contributed by atoms with Crippen LogP contribution in [0.1, 0.15) is 34.6 Å². The fourth-order valence-corrected chi connectivity index (χ4v) is 16.4. The lowest BCUT2D eigenvalue weighted by Crippen LogP contribution is -2.46. The lowest BCUT2D eigenvalue weighted by molar-refractivity contribution is 0.0728. The van der Waals surface area contributed by atoms with Crippen LogP contribution in [0.3, 0.4) is 0 Å². The second-order valence-electron chi connectivity index (χ2n) is 10.7. The van der Waals surface area contributed by atoms with Gasteiger partial charge in [0.25, 0.3) is 0 Å². The SMILES string of the molecule is CCO[Si](CCP(c1ccccc1)c1ccccc1)(OCC)OCC.CCO[Si](O)(CCP(c1ccccc1)c1ccccc1)OCC. The lowest BCUT2D eigenvalue weighted by Gasteiger charge is -2.30. The van der Waals surface area contributed by atoms with Gasteiger partial charge in [0.05, 0.1) is 0 Å². The fourth-order valence-electron chi connectivity index (χ4n) is 5.39. The summed E-state index contributed by atoms with van der Waals surface area (Å²) in [4.78, 5) is 10.7. The quantitative estimate of drug-likeness (QED) is 0.0764. The van der Waals surface area contributed by atoms with Gasteiger partial charge in [-0.1, -0.05) is 121 Å². The van der Waals surface area contributed by atoms with Crippen LogP contribution in [-0.4, -0.2) is 67.8 Å². The molecule has 1 N–H and O–H groups in total. The van der Waals surface area contributed by atoms with Crippen molar-refractivity contribution in [3.05, 3.63) is 121 Å². The molecule has 4 aromatic carbocycles. The van der Waals surface area contributed by atoms with Crippen LogP contribution in [0.5, 0.6) is 0 Å². The summed E-state index contributed by atoms with van der Waals surface area (Å²) in [6, 6.07) is 44.0. The average Bonchev–Trinajstić information content (AvgIpc) is 3.11. The van der Waals surface area contributed by atoms with Crippen LogP contribution in [-0.2, 0) is 22.1 Å². The van der Waals surface area contributed by atoms with Crippen molar-refractivity contribution in [3.8, 4) is 0 Å². The maximum atomic E-state index is 10.7. The second-order valence-corrected chi connectivity index (χ2v) is 20.6. The summed E-state index contributed by atoms with van der Waals surface area (Å²) in [6.45, 7) is 12.7. The number of hydrogen-bond donors (Lipinski definition) is 1. The zero-order valence-electron chi connectivity index (χ0n) is 29.3. The highest BCUT2D eigenvalue weighted by Gasteiger charge is 2.41. The minimum atomic E-state index is -3.06. The van der Waals surface area contributed by atoms with E-state index in [1.165, 1.54) is 21.2 Å². The van der Waals surface area contributed by atoms with Crippen molar-refractivity contribution in [1.82, 2.24) is 0 Å². The molecule has 0 aliphatic carbocycles. The Morgan fingerprint density at radius 2 is 0.688 bits per heavy atom. The molecule has 10 heteroatoms. The highest BCUT2D eigenvalue weighted by atomic mass is 31.1. The van der Waals surface area contributed by atoms with Crippen LogP contribution < -0.4 is 21.2 Å². The third-order valence-corrected chi connectivity index (χ3v) is 18.7. The number of rotatable bonds is 20. The van der Waals surface area contributed by atoms with E-state index in [9.17, 15) is 4.80 Å². The Morgan fingerprint density at radius 1 is 0.417 bits per heavy atom. The molecule has 0 heterocycles. The molecule has 0 atom stereocenters. The summed E-state index contributed by atoms with van der Waals surface area (Å²) in [5.74, 6) is 0. The molecule has 6 nitrogen and oxygen atoms in total. The normalized spacial score (nSPS) is 11.8. The Labute approximate surface area is 294 Å². The summed E-state index contributed by atoms with van der Waals surface area (Å²) in [5, 5.41) is 5.41. The first-order chi connectivity index (χ1) is 23.4. The molecule has 0 aliphatic heterocycles. The summed E-state index contributed by atoms with van der Waals surface area (Å²) in [7, 11) is -6.64. The van der Waals surface area contributed by atoms with Crippen LogP contribution in [0.2, 0.25) is 12.1 Å². The molecule has 0 aromatic heterocycles. The van der Waals surface area contributed by atoms with Crippen molar-refractivity contribution in [2.75, 3.05) is 45.4 Å². The smallest absolute Gasteiger partial charge is 0.390 e. The van der Waals surface area contributed by atoms with Crippen molar-refractivity contribution < 1.29 is 26.9 Å². The zero-order chi connectivity index (χ0) is 34.5. The van der Waals surface area contributed by atoms with E-state index in [0.717, 1.165) is 18.4 Å². The van der Waals surface area contributed by atoms with E-state index in [4.69, 9.17) is 22.1 Å². The maximum Gasteiger partial charge on any atom is 0.501 e. The van der Waals surface area contributed by atoms with Crippen LogP contribution in [0.4, 0.5) is 0 Å². The van der Waals surface area contributed by atoms with Crippen molar-refractivity contribution >= 4 is 54.7 Å². The molecule has 0 spiro atoms. The topological polar surface area (TPSA) is 66.4 Å². The fraction of sp³-hybridized carbons (Fsp3) is 0.368. The van der Waals surface area contributed by atoms with Gasteiger partial charge in [-0.05, 0) is 84.0 Å². The maximum absolute atomic E-state index is 10.7. The second kappa shape index (κ2) is 22.6. The van der Waals surface area contributed by atoms with Gasteiger partial charge >= 0.3 is 17.6 Å². The Hall–Kier alpha value is -2.07. The van der Waals surface area contributed by atoms with Crippen molar-refractivity contribution in [1.29, 1.82) is 0 Å². The Kier molecular flexibility index (Phi) is 19.0. The Balaban J connectivity index is 0.000000261. The molecule has 4 aromatic rings. The Morgan fingerprint density at radius 3 is 0.958 bits per heavy atom. The van der Waals surface area contributed by atoms with Gasteiger partial charge in [0.1, 0.15) is 0 Å². The summed E-state index contributed by atoms with van der Waals surface area (Å²) in [5.41, 5.74) is 0. The monoisotopic (exact) mass is 724 g/mol. The highest BCUT2D eigenvalue weighted by Crippen LogP contribution is 2.37. The minimum Gasteiger partial charge on any atom is -0.390 e. The van der Waals surface area contributed by atoms with Crippen LogP contribution in [0.25, 0.3) is 0 Å². The summed E-state index contributed by atoms with van der Waals surface area (Å²) >= 11 is 0. The zero-order valence-corrected chi connectivity index (χ0v) is 33.1. The first kappa shape index (κ1) is 40.4. The van der Waals surface area contributed by atoms with E-state index < -0.39 is 33.5 Å². The molecule has 48 heavy (non-hydrogen) atoms. The standard InChI is InChI=1S/C20H29O3PSi.C18H25O3PSi/c1-4-21-25(22-5-2,23-6-3)18-17-24(19-13-9-7-10-14-19)20-15-11-8-12-16-20;1-3-20-23(19,21-4-2)16-15-22(17-11-7-5-8-12-17)18-13-9-6-10-14-18/h7-16H,4-6,17-18H2,1-3H3;5-14,19H,3-4,15-16H2,1-2H3. The van der Waals surface area contributed by atoms with Gasteiger partial charge in [-0.25, -0.2) is 0 Å². The van der Waals surface area contributed by atoms with E-state index in [1.54, 1.807) is 0 Å². The molecule has 0 saturated carbocycles. The molecule has 0 saturated heterocycles. The molecule has 0 bridgehead atoms. The largest absolute Gasteiger partial charge is 0.501 e. The van der Waals surface area contributed by atoms with Crippen LogP contribution >= 0.6 is 15.8 Å². The van der Waals surface area contributed by atoms with E-state index in [2.05, 4.69) is 109 Å². The first-order valence-electron chi connectivity index (χ1n) is 17.1. The predicted octanol–water partition coefficient (Wildman–Crippen LogP) is 7.29. The van der Waals surface area contributed by atoms with Gasteiger partial charge in [0.15, 0.2) is 0 Å².